The van der Waals surface area contributed by atoms with Crippen molar-refractivity contribution < 1.29 is 0 Å². The number of hydrogen-bond acceptors (Lipinski definition) is 2. The van der Waals surface area contributed by atoms with Gasteiger partial charge >= 0.3 is 0 Å². The lowest BCUT2D eigenvalue weighted by Gasteiger charge is -2.38. The SMILES string of the molecule is CN(C)C[C@@H]1[C@@H]2CC[C@](C)([C@H]1N)C2(C)C. The molecule has 0 aromatic carbocycles. The Labute approximate surface area is 94.2 Å². The summed E-state index contributed by atoms with van der Waals surface area (Å²) in [5.74, 6) is 1.54. The van der Waals surface area contributed by atoms with Gasteiger partial charge in [-0.15, -0.1) is 0 Å². The lowest BCUT2D eigenvalue weighted by atomic mass is 9.69. The summed E-state index contributed by atoms with van der Waals surface area (Å²) in [5.41, 5.74) is 7.31. The minimum atomic E-state index is 0.373. The van der Waals surface area contributed by atoms with Gasteiger partial charge in [0.1, 0.15) is 0 Å². The first-order chi connectivity index (χ1) is 6.80. The Morgan fingerprint density at radius 3 is 2.27 bits per heavy atom. The average molecular weight is 210 g/mol. The molecule has 2 aliphatic rings. The molecule has 2 bridgehead atoms. The highest BCUT2D eigenvalue weighted by atomic mass is 15.1. The minimum Gasteiger partial charge on any atom is -0.327 e. The summed E-state index contributed by atoms with van der Waals surface area (Å²) in [4.78, 5) is 2.30. The summed E-state index contributed by atoms with van der Waals surface area (Å²) in [6.07, 6.45) is 2.71. The molecule has 0 saturated heterocycles. The van der Waals surface area contributed by atoms with Gasteiger partial charge in [-0.3, -0.25) is 0 Å². The fraction of sp³-hybridized carbons (Fsp3) is 1.00. The molecule has 2 heteroatoms. The standard InChI is InChI=1S/C13H26N2/c1-12(2)10-6-7-13(12,3)11(14)9(10)8-15(4)5/h9-11H,6-8,14H2,1-5H3/t9-,10+,11+,13-/m1/s1. The van der Waals surface area contributed by atoms with Gasteiger partial charge in [0.05, 0.1) is 0 Å². The van der Waals surface area contributed by atoms with Crippen LogP contribution in [-0.4, -0.2) is 31.6 Å². The summed E-state index contributed by atoms with van der Waals surface area (Å²) < 4.78 is 0. The Balaban J connectivity index is 2.26. The molecular formula is C13H26N2. The van der Waals surface area contributed by atoms with Crippen LogP contribution < -0.4 is 5.73 Å². The van der Waals surface area contributed by atoms with E-state index in [1.165, 1.54) is 12.8 Å². The van der Waals surface area contributed by atoms with E-state index in [4.69, 9.17) is 5.73 Å². The predicted molar refractivity (Wildman–Crippen MR) is 64.6 cm³/mol. The second-order valence-electron chi connectivity index (χ2n) is 6.74. The first kappa shape index (κ1) is 11.4. The summed E-state index contributed by atoms with van der Waals surface area (Å²) in [6, 6.07) is 0.397. The molecule has 0 aromatic heterocycles. The molecule has 0 aromatic rings. The average Bonchev–Trinajstić information content (AvgIpc) is 2.40. The summed E-state index contributed by atoms with van der Waals surface area (Å²) >= 11 is 0. The summed E-state index contributed by atoms with van der Waals surface area (Å²) in [5, 5.41) is 0. The normalized spacial score (nSPS) is 47.8. The maximum atomic E-state index is 6.50. The molecule has 0 spiro atoms. The van der Waals surface area contributed by atoms with Crippen molar-refractivity contribution in [1.82, 2.24) is 4.90 Å². The Bertz CT molecular complexity index is 259. The lowest BCUT2D eigenvalue weighted by molar-refractivity contribution is 0.135. The third-order valence-corrected chi connectivity index (χ3v) is 5.66. The number of rotatable bonds is 2. The molecular weight excluding hydrogens is 184 g/mol. The summed E-state index contributed by atoms with van der Waals surface area (Å²) in [7, 11) is 4.32. The zero-order valence-corrected chi connectivity index (χ0v) is 10.9. The van der Waals surface area contributed by atoms with Crippen LogP contribution in [-0.2, 0) is 0 Å². The van der Waals surface area contributed by atoms with E-state index in [0.29, 0.717) is 22.8 Å². The van der Waals surface area contributed by atoms with Crippen molar-refractivity contribution in [1.29, 1.82) is 0 Å². The molecule has 0 aliphatic heterocycles. The van der Waals surface area contributed by atoms with Crippen molar-refractivity contribution in [3.05, 3.63) is 0 Å². The van der Waals surface area contributed by atoms with E-state index in [-0.39, 0.29) is 0 Å². The van der Waals surface area contributed by atoms with Crippen LogP contribution in [0.4, 0.5) is 0 Å². The quantitative estimate of drug-likeness (QED) is 0.755. The Hall–Kier alpha value is -0.0800. The second kappa shape index (κ2) is 3.21. The van der Waals surface area contributed by atoms with Gasteiger partial charge in [0.15, 0.2) is 0 Å². The van der Waals surface area contributed by atoms with E-state index in [2.05, 4.69) is 39.8 Å². The first-order valence-electron chi connectivity index (χ1n) is 6.21. The van der Waals surface area contributed by atoms with Crippen molar-refractivity contribution in [3.63, 3.8) is 0 Å². The van der Waals surface area contributed by atoms with Crippen LogP contribution in [0.5, 0.6) is 0 Å². The maximum Gasteiger partial charge on any atom is 0.0142 e. The van der Waals surface area contributed by atoms with E-state index in [1.54, 1.807) is 0 Å². The minimum absolute atomic E-state index is 0.373. The maximum absolute atomic E-state index is 6.50. The van der Waals surface area contributed by atoms with Gasteiger partial charge in [0.2, 0.25) is 0 Å². The molecule has 0 unspecified atom stereocenters. The van der Waals surface area contributed by atoms with Crippen molar-refractivity contribution in [2.75, 3.05) is 20.6 Å². The van der Waals surface area contributed by atoms with E-state index in [1.807, 2.05) is 0 Å². The first-order valence-corrected chi connectivity index (χ1v) is 6.21. The largest absolute Gasteiger partial charge is 0.327 e. The van der Waals surface area contributed by atoms with Crippen molar-refractivity contribution in [2.45, 2.75) is 39.7 Å². The summed E-state index contributed by atoms with van der Waals surface area (Å²) in [6.45, 7) is 8.43. The highest BCUT2D eigenvalue weighted by Crippen LogP contribution is 2.66. The molecule has 0 radical (unpaired) electrons. The fourth-order valence-corrected chi connectivity index (χ4v) is 4.29. The van der Waals surface area contributed by atoms with Gasteiger partial charge < -0.3 is 10.6 Å². The molecule has 88 valence electrons. The molecule has 2 fully saturated rings. The second-order valence-corrected chi connectivity index (χ2v) is 6.74. The van der Waals surface area contributed by atoms with Crippen molar-refractivity contribution in [2.24, 2.45) is 28.4 Å². The van der Waals surface area contributed by atoms with Gasteiger partial charge in [-0.2, -0.15) is 0 Å². The van der Waals surface area contributed by atoms with Crippen LogP contribution in [0.25, 0.3) is 0 Å². The van der Waals surface area contributed by atoms with Gasteiger partial charge in [-0.1, -0.05) is 20.8 Å². The number of nitrogens with two attached hydrogens (primary N) is 1. The molecule has 4 atom stereocenters. The molecule has 0 heterocycles. The van der Waals surface area contributed by atoms with Crippen LogP contribution in [0.2, 0.25) is 0 Å². The highest BCUT2D eigenvalue weighted by molar-refractivity contribution is 5.16. The monoisotopic (exact) mass is 210 g/mol. The molecule has 2 saturated carbocycles. The predicted octanol–water partition coefficient (Wildman–Crippen LogP) is 1.95. The van der Waals surface area contributed by atoms with E-state index >= 15 is 0 Å². The Morgan fingerprint density at radius 1 is 1.27 bits per heavy atom. The van der Waals surface area contributed by atoms with Crippen LogP contribution in [0.15, 0.2) is 0 Å². The van der Waals surface area contributed by atoms with E-state index in [9.17, 15) is 0 Å². The van der Waals surface area contributed by atoms with Crippen LogP contribution in [0.1, 0.15) is 33.6 Å². The number of hydrogen-bond donors (Lipinski definition) is 1. The fourth-order valence-electron chi connectivity index (χ4n) is 4.29. The molecule has 2 N–H and O–H groups in total. The van der Waals surface area contributed by atoms with Crippen LogP contribution in [0.3, 0.4) is 0 Å². The molecule has 2 aliphatic carbocycles. The highest BCUT2D eigenvalue weighted by Gasteiger charge is 2.64. The lowest BCUT2D eigenvalue weighted by Crippen LogP contribution is -2.46. The van der Waals surface area contributed by atoms with Gasteiger partial charge in [0, 0.05) is 12.6 Å². The zero-order valence-electron chi connectivity index (χ0n) is 10.9. The topological polar surface area (TPSA) is 29.3 Å². The van der Waals surface area contributed by atoms with Crippen LogP contribution >= 0.6 is 0 Å². The molecule has 0 amide bonds. The third kappa shape index (κ3) is 1.31. The van der Waals surface area contributed by atoms with Crippen molar-refractivity contribution >= 4 is 0 Å². The third-order valence-electron chi connectivity index (χ3n) is 5.66. The molecule has 2 nitrogen and oxygen atoms in total. The molecule has 15 heavy (non-hydrogen) atoms. The number of nitrogens with zero attached hydrogens (tertiary/aromatic N) is 1. The van der Waals surface area contributed by atoms with Crippen LogP contribution in [0, 0.1) is 22.7 Å². The van der Waals surface area contributed by atoms with Gasteiger partial charge in [-0.25, -0.2) is 0 Å². The van der Waals surface area contributed by atoms with Gasteiger partial charge in [0.25, 0.3) is 0 Å². The number of fused-ring (bicyclic) bond motifs is 2. The Kier molecular flexibility index (Phi) is 2.44. The van der Waals surface area contributed by atoms with E-state index in [0.717, 1.165) is 12.5 Å². The zero-order chi connectivity index (χ0) is 11.4. The molecule has 2 rings (SSSR count). The Morgan fingerprint density at radius 2 is 1.87 bits per heavy atom. The van der Waals surface area contributed by atoms with Gasteiger partial charge in [-0.05, 0) is 49.6 Å². The smallest absolute Gasteiger partial charge is 0.0142 e. The van der Waals surface area contributed by atoms with Crippen molar-refractivity contribution in [3.8, 4) is 0 Å². The van der Waals surface area contributed by atoms with E-state index < -0.39 is 0 Å².